The standard InChI is InChI=1S/C32H29NO6/c1-4-17-5-8-19(9-6-17)33-31(37)21-11-10-20-22(28(21)32(33)38)15-23-24(34)13-16(2)30(36)29(23)27(20)18-7-12-26(39-3)25(35)14-18/h5-10,12-14,21-22,27-28,35H,4,11,15H2,1-3H3. The number of ether oxygens (including phenoxy) is 1. The molecule has 0 aromatic heterocycles. The molecule has 6 rings (SSSR count). The van der Waals surface area contributed by atoms with Crippen molar-refractivity contribution in [3.05, 3.63) is 88.0 Å². The first-order chi connectivity index (χ1) is 18.7. The van der Waals surface area contributed by atoms with Crippen LogP contribution in [-0.4, -0.2) is 35.6 Å². The van der Waals surface area contributed by atoms with Gasteiger partial charge in [0.25, 0.3) is 0 Å². The summed E-state index contributed by atoms with van der Waals surface area (Å²) in [6, 6.07) is 12.4. The zero-order chi connectivity index (χ0) is 27.6. The fourth-order valence-corrected chi connectivity index (χ4v) is 6.76. The number of phenolic OH excluding ortho intramolecular Hbond substituents is 1. The van der Waals surface area contributed by atoms with Gasteiger partial charge in [-0.05, 0) is 73.6 Å². The molecule has 4 aliphatic rings. The highest BCUT2D eigenvalue weighted by molar-refractivity contribution is 6.25. The summed E-state index contributed by atoms with van der Waals surface area (Å²) in [5, 5.41) is 10.6. The molecular formula is C32H29NO6. The highest BCUT2D eigenvalue weighted by Crippen LogP contribution is 2.55. The minimum atomic E-state index is -0.637. The molecule has 4 atom stereocenters. The van der Waals surface area contributed by atoms with Gasteiger partial charge in [-0.2, -0.15) is 0 Å². The topological polar surface area (TPSA) is 101 Å². The van der Waals surface area contributed by atoms with Crippen LogP contribution in [0.15, 0.2) is 76.9 Å². The molecule has 39 heavy (non-hydrogen) atoms. The van der Waals surface area contributed by atoms with E-state index >= 15 is 0 Å². The number of fused-ring (bicyclic) bond motifs is 3. The molecular weight excluding hydrogens is 494 g/mol. The number of carbonyl (C=O) groups is 4. The molecule has 0 bridgehead atoms. The van der Waals surface area contributed by atoms with E-state index in [9.17, 15) is 24.3 Å². The predicted octanol–water partition coefficient (Wildman–Crippen LogP) is 4.60. The smallest absolute Gasteiger partial charge is 0.238 e. The lowest BCUT2D eigenvalue weighted by Crippen LogP contribution is -2.39. The molecule has 2 amide bonds. The Kier molecular flexibility index (Phi) is 5.90. The molecule has 2 aromatic carbocycles. The fourth-order valence-electron chi connectivity index (χ4n) is 6.76. The molecule has 1 saturated heterocycles. The number of hydrogen-bond acceptors (Lipinski definition) is 6. The molecule has 0 radical (unpaired) electrons. The average molecular weight is 524 g/mol. The molecule has 7 nitrogen and oxygen atoms in total. The lowest BCUT2D eigenvalue weighted by molar-refractivity contribution is -0.123. The van der Waals surface area contributed by atoms with Crippen LogP contribution in [-0.2, 0) is 25.6 Å². The van der Waals surface area contributed by atoms with Crippen LogP contribution in [0.5, 0.6) is 11.5 Å². The maximum absolute atomic E-state index is 13.9. The van der Waals surface area contributed by atoms with Crippen LogP contribution < -0.4 is 9.64 Å². The van der Waals surface area contributed by atoms with Gasteiger partial charge in [-0.1, -0.05) is 36.8 Å². The maximum atomic E-state index is 13.9. The second-order valence-corrected chi connectivity index (χ2v) is 10.7. The van der Waals surface area contributed by atoms with Gasteiger partial charge >= 0.3 is 0 Å². The van der Waals surface area contributed by atoms with Crippen LogP contribution >= 0.6 is 0 Å². The number of benzene rings is 2. The van der Waals surface area contributed by atoms with E-state index in [1.54, 1.807) is 25.1 Å². The second kappa shape index (κ2) is 9.19. The van der Waals surface area contributed by atoms with Gasteiger partial charge < -0.3 is 9.84 Å². The third kappa shape index (κ3) is 3.71. The first-order valence-electron chi connectivity index (χ1n) is 13.3. The molecule has 0 saturated carbocycles. The Labute approximate surface area is 226 Å². The highest BCUT2D eigenvalue weighted by atomic mass is 16.5. The third-order valence-electron chi connectivity index (χ3n) is 8.70. The number of aryl methyl sites for hydroxylation is 1. The van der Waals surface area contributed by atoms with Crippen LogP contribution in [0.25, 0.3) is 0 Å². The van der Waals surface area contributed by atoms with Gasteiger partial charge in [0.15, 0.2) is 23.1 Å². The second-order valence-electron chi connectivity index (χ2n) is 10.7. The van der Waals surface area contributed by atoms with Gasteiger partial charge in [0, 0.05) is 22.6 Å². The predicted molar refractivity (Wildman–Crippen MR) is 144 cm³/mol. The van der Waals surface area contributed by atoms with E-state index in [0.29, 0.717) is 40.1 Å². The van der Waals surface area contributed by atoms with Crippen LogP contribution in [0.4, 0.5) is 5.69 Å². The molecule has 1 heterocycles. The van der Waals surface area contributed by atoms with Gasteiger partial charge in [0.1, 0.15) is 0 Å². The number of anilines is 1. The number of hydrogen-bond donors (Lipinski definition) is 1. The molecule has 4 unspecified atom stereocenters. The quantitative estimate of drug-likeness (QED) is 0.357. The number of imide groups is 1. The van der Waals surface area contributed by atoms with E-state index in [1.807, 2.05) is 37.3 Å². The summed E-state index contributed by atoms with van der Waals surface area (Å²) in [5.41, 5.74) is 4.29. The van der Waals surface area contributed by atoms with Crippen molar-refractivity contribution in [2.75, 3.05) is 12.0 Å². The number of ketones is 2. The number of amides is 2. The Bertz CT molecular complexity index is 1540. The van der Waals surface area contributed by atoms with Crippen molar-refractivity contribution in [1.29, 1.82) is 0 Å². The van der Waals surface area contributed by atoms with Gasteiger partial charge in [0.2, 0.25) is 11.8 Å². The summed E-state index contributed by atoms with van der Waals surface area (Å²) < 4.78 is 5.21. The van der Waals surface area contributed by atoms with E-state index < -0.39 is 23.7 Å². The van der Waals surface area contributed by atoms with E-state index in [-0.39, 0.29) is 35.6 Å². The van der Waals surface area contributed by atoms with E-state index in [0.717, 1.165) is 17.6 Å². The van der Waals surface area contributed by atoms with Gasteiger partial charge in [-0.25, -0.2) is 0 Å². The van der Waals surface area contributed by atoms with Crippen LogP contribution in [0.1, 0.15) is 43.7 Å². The average Bonchev–Trinajstić information content (AvgIpc) is 3.20. The minimum absolute atomic E-state index is 0.0794. The molecule has 0 spiro atoms. The Balaban J connectivity index is 1.46. The molecule has 3 aliphatic carbocycles. The molecule has 1 aliphatic heterocycles. The fraction of sp³-hybridized carbons (Fsp3) is 0.312. The zero-order valence-electron chi connectivity index (χ0n) is 22.1. The largest absolute Gasteiger partial charge is 0.504 e. The highest BCUT2D eigenvalue weighted by Gasteiger charge is 2.56. The minimum Gasteiger partial charge on any atom is -0.504 e. The maximum Gasteiger partial charge on any atom is 0.238 e. The number of Topliss-reactive ketones (excluding diaryl/α,β-unsaturated/α-hetero) is 1. The molecule has 1 N–H and O–H groups in total. The SMILES string of the molecule is CCc1ccc(N2C(=O)C3CC=C4C(c5ccc(OC)c(O)c5)C5=C(CC4C3C2=O)C(=O)C=C(C)C5=O)cc1. The number of methoxy groups -OCH3 is 1. The van der Waals surface area contributed by atoms with Crippen molar-refractivity contribution in [3.8, 4) is 11.5 Å². The Hall–Kier alpha value is -4.26. The molecule has 2 aromatic rings. The normalized spacial score (nSPS) is 26.2. The number of carbonyl (C=O) groups excluding carboxylic acids is 4. The van der Waals surface area contributed by atoms with Crippen molar-refractivity contribution in [1.82, 2.24) is 0 Å². The summed E-state index contributed by atoms with van der Waals surface area (Å²) in [4.78, 5) is 55.5. The van der Waals surface area contributed by atoms with Gasteiger partial charge in [-0.3, -0.25) is 24.1 Å². The lowest BCUT2D eigenvalue weighted by Gasteiger charge is -2.42. The number of allylic oxidation sites excluding steroid dienone is 6. The summed E-state index contributed by atoms with van der Waals surface area (Å²) >= 11 is 0. The van der Waals surface area contributed by atoms with Crippen LogP contribution in [0, 0.1) is 17.8 Å². The first kappa shape index (κ1) is 25.0. The van der Waals surface area contributed by atoms with E-state index in [2.05, 4.69) is 0 Å². The summed E-state index contributed by atoms with van der Waals surface area (Å²) in [6.07, 6.45) is 4.77. The van der Waals surface area contributed by atoms with Crippen molar-refractivity contribution < 1.29 is 29.0 Å². The number of phenols is 1. The molecule has 198 valence electrons. The van der Waals surface area contributed by atoms with Crippen LogP contribution in [0.2, 0.25) is 0 Å². The molecule has 7 heteroatoms. The first-order valence-corrected chi connectivity index (χ1v) is 13.3. The van der Waals surface area contributed by atoms with Crippen molar-refractivity contribution in [3.63, 3.8) is 0 Å². The van der Waals surface area contributed by atoms with E-state index in [4.69, 9.17) is 4.74 Å². The number of rotatable bonds is 4. The Morgan fingerprint density at radius 3 is 2.41 bits per heavy atom. The summed E-state index contributed by atoms with van der Waals surface area (Å²) in [6.45, 7) is 3.67. The van der Waals surface area contributed by atoms with Crippen LogP contribution in [0.3, 0.4) is 0 Å². The molecule has 1 fully saturated rings. The van der Waals surface area contributed by atoms with E-state index in [1.165, 1.54) is 18.1 Å². The van der Waals surface area contributed by atoms with Crippen molar-refractivity contribution in [2.45, 2.75) is 39.0 Å². The zero-order valence-corrected chi connectivity index (χ0v) is 22.1. The number of nitrogens with zero attached hydrogens (tertiary/aromatic N) is 1. The Morgan fingerprint density at radius 1 is 1.00 bits per heavy atom. The van der Waals surface area contributed by atoms with Crippen molar-refractivity contribution in [2.24, 2.45) is 17.8 Å². The summed E-state index contributed by atoms with van der Waals surface area (Å²) in [5.74, 6) is -2.94. The van der Waals surface area contributed by atoms with Gasteiger partial charge in [0.05, 0.1) is 24.6 Å². The number of aromatic hydroxyl groups is 1. The lowest BCUT2D eigenvalue weighted by atomic mass is 9.59. The Morgan fingerprint density at radius 2 is 1.74 bits per heavy atom. The van der Waals surface area contributed by atoms with Gasteiger partial charge in [-0.15, -0.1) is 0 Å². The third-order valence-corrected chi connectivity index (χ3v) is 8.70. The summed E-state index contributed by atoms with van der Waals surface area (Å²) in [7, 11) is 1.46. The monoisotopic (exact) mass is 523 g/mol. The van der Waals surface area contributed by atoms with Crippen molar-refractivity contribution >= 4 is 29.1 Å².